The summed E-state index contributed by atoms with van der Waals surface area (Å²) in [6.07, 6.45) is 2.07. The van der Waals surface area contributed by atoms with E-state index in [1.165, 1.54) is 22.5 Å². The fourth-order valence-electron chi connectivity index (χ4n) is 1.86. The van der Waals surface area contributed by atoms with Gasteiger partial charge in [0.05, 0.1) is 0 Å². The predicted molar refractivity (Wildman–Crippen MR) is 65.1 cm³/mol. The molecule has 1 N–H and O–H groups in total. The maximum absolute atomic E-state index is 3.18. The minimum Gasteiger partial charge on any atom is -0.388 e. The average molecular weight is 200 g/mol. The molecule has 1 aromatic heterocycles. The van der Waals surface area contributed by atoms with Gasteiger partial charge >= 0.3 is 0 Å². The number of benzene rings is 1. The van der Waals surface area contributed by atoms with Crippen LogP contribution in [-0.4, -0.2) is 11.6 Å². The first kappa shape index (κ1) is 9.84. The number of anilines is 1. The number of hydrogen-bond donors (Lipinski definition) is 1. The van der Waals surface area contributed by atoms with Gasteiger partial charge in [0.1, 0.15) is 0 Å². The second-order valence-corrected chi connectivity index (χ2v) is 3.78. The molecule has 0 saturated carbocycles. The Bertz CT molecular complexity index is 469. The minimum absolute atomic E-state index is 1.19. The molecule has 0 amide bonds. The van der Waals surface area contributed by atoms with Gasteiger partial charge in [0.15, 0.2) is 0 Å². The number of nitrogens with one attached hydrogen (secondary N) is 1. The maximum Gasteiger partial charge on any atom is 0.0477 e. The van der Waals surface area contributed by atoms with Gasteiger partial charge in [-0.25, -0.2) is 0 Å². The Morgan fingerprint density at radius 1 is 1.20 bits per heavy atom. The summed E-state index contributed by atoms with van der Waals surface area (Å²) in [5.41, 5.74) is 4.98. The third-order valence-corrected chi connectivity index (χ3v) is 2.74. The Hall–Kier alpha value is -1.70. The smallest absolute Gasteiger partial charge is 0.0477 e. The lowest BCUT2D eigenvalue weighted by Gasteiger charge is -2.08. The molecule has 2 aromatic rings. The van der Waals surface area contributed by atoms with Crippen molar-refractivity contribution in [2.45, 2.75) is 6.92 Å². The molecule has 0 fully saturated rings. The van der Waals surface area contributed by atoms with Crippen molar-refractivity contribution < 1.29 is 0 Å². The van der Waals surface area contributed by atoms with Crippen LogP contribution in [0.2, 0.25) is 0 Å². The van der Waals surface area contributed by atoms with Crippen molar-refractivity contribution in [2.24, 2.45) is 7.05 Å². The SMILES string of the molecule is CNc1ccc(-c2cccn2C)cc1C. The van der Waals surface area contributed by atoms with E-state index < -0.39 is 0 Å². The Kier molecular flexibility index (Phi) is 2.50. The lowest BCUT2D eigenvalue weighted by Crippen LogP contribution is -1.93. The molecule has 0 saturated heterocycles. The molecule has 0 bridgehead atoms. The van der Waals surface area contributed by atoms with E-state index >= 15 is 0 Å². The van der Waals surface area contributed by atoms with Crippen LogP contribution in [0.25, 0.3) is 11.3 Å². The molecule has 0 aliphatic heterocycles. The highest BCUT2D eigenvalue weighted by atomic mass is 14.9. The monoisotopic (exact) mass is 200 g/mol. The molecule has 0 unspecified atom stereocenters. The summed E-state index contributed by atoms with van der Waals surface area (Å²) in [6.45, 7) is 2.12. The first-order valence-corrected chi connectivity index (χ1v) is 5.12. The third kappa shape index (κ3) is 1.75. The highest BCUT2D eigenvalue weighted by Gasteiger charge is 2.03. The number of hydrogen-bond acceptors (Lipinski definition) is 1. The number of nitrogens with zero attached hydrogens (tertiary/aromatic N) is 1. The quantitative estimate of drug-likeness (QED) is 0.788. The zero-order valence-corrected chi connectivity index (χ0v) is 9.41. The van der Waals surface area contributed by atoms with Gasteiger partial charge < -0.3 is 9.88 Å². The molecule has 2 nitrogen and oxygen atoms in total. The minimum atomic E-state index is 1.19. The Morgan fingerprint density at radius 2 is 2.00 bits per heavy atom. The van der Waals surface area contributed by atoms with Crippen molar-refractivity contribution in [1.82, 2.24) is 4.57 Å². The number of rotatable bonds is 2. The van der Waals surface area contributed by atoms with Crippen molar-refractivity contribution in [1.29, 1.82) is 0 Å². The fraction of sp³-hybridized carbons (Fsp3) is 0.231. The summed E-state index contributed by atoms with van der Waals surface area (Å²) in [6, 6.07) is 10.7. The number of aromatic nitrogens is 1. The Labute approximate surface area is 90.6 Å². The molecule has 0 spiro atoms. The summed E-state index contributed by atoms with van der Waals surface area (Å²) in [5, 5.41) is 3.18. The lowest BCUT2D eigenvalue weighted by atomic mass is 10.1. The molecule has 0 radical (unpaired) electrons. The summed E-state index contributed by atoms with van der Waals surface area (Å²) < 4.78 is 2.13. The molecule has 0 atom stereocenters. The van der Waals surface area contributed by atoms with E-state index in [-0.39, 0.29) is 0 Å². The molecule has 15 heavy (non-hydrogen) atoms. The van der Waals surface area contributed by atoms with E-state index in [4.69, 9.17) is 0 Å². The summed E-state index contributed by atoms with van der Waals surface area (Å²) in [5.74, 6) is 0. The normalized spacial score (nSPS) is 10.3. The van der Waals surface area contributed by atoms with Crippen LogP contribution in [0, 0.1) is 6.92 Å². The standard InChI is InChI=1S/C13H16N2/c1-10-9-11(6-7-12(10)14-2)13-5-4-8-15(13)3/h4-9,14H,1-3H3. The topological polar surface area (TPSA) is 17.0 Å². The molecule has 2 rings (SSSR count). The van der Waals surface area contributed by atoms with E-state index in [1.54, 1.807) is 0 Å². The Balaban J connectivity index is 2.47. The van der Waals surface area contributed by atoms with Crippen LogP contribution in [0.4, 0.5) is 5.69 Å². The van der Waals surface area contributed by atoms with E-state index in [0.717, 1.165) is 0 Å². The van der Waals surface area contributed by atoms with Crippen molar-refractivity contribution in [3.8, 4) is 11.3 Å². The summed E-state index contributed by atoms with van der Waals surface area (Å²) in [4.78, 5) is 0. The molecule has 0 aliphatic rings. The molecule has 1 heterocycles. The molecule has 0 aliphatic carbocycles. The molecule has 1 aromatic carbocycles. The van der Waals surface area contributed by atoms with Crippen LogP contribution < -0.4 is 5.32 Å². The van der Waals surface area contributed by atoms with E-state index in [0.29, 0.717) is 0 Å². The summed E-state index contributed by atoms with van der Waals surface area (Å²) in [7, 11) is 4.02. The van der Waals surface area contributed by atoms with Crippen molar-refractivity contribution in [3.05, 3.63) is 42.1 Å². The lowest BCUT2D eigenvalue weighted by molar-refractivity contribution is 0.937. The second kappa shape index (κ2) is 3.81. The first-order valence-electron chi connectivity index (χ1n) is 5.12. The fourth-order valence-corrected chi connectivity index (χ4v) is 1.86. The van der Waals surface area contributed by atoms with Gasteiger partial charge in [-0.1, -0.05) is 6.07 Å². The highest BCUT2D eigenvalue weighted by molar-refractivity contribution is 5.66. The van der Waals surface area contributed by atoms with Crippen LogP contribution in [0.5, 0.6) is 0 Å². The van der Waals surface area contributed by atoms with Gasteiger partial charge in [-0.05, 0) is 42.3 Å². The van der Waals surface area contributed by atoms with Gasteiger partial charge in [0.2, 0.25) is 0 Å². The van der Waals surface area contributed by atoms with Gasteiger partial charge in [0.25, 0.3) is 0 Å². The van der Waals surface area contributed by atoms with Gasteiger partial charge in [-0.2, -0.15) is 0 Å². The molecule has 78 valence electrons. The third-order valence-electron chi connectivity index (χ3n) is 2.74. The van der Waals surface area contributed by atoms with E-state index in [1.807, 2.05) is 7.05 Å². The van der Waals surface area contributed by atoms with Crippen molar-refractivity contribution >= 4 is 5.69 Å². The first-order chi connectivity index (χ1) is 7.22. The number of aryl methyl sites for hydroxylation is 2. The predicted octanol–water partition coefficient (Wildman–Crippen LogP) is 3.04. The van der Waals surface area contributed by atoms with Gasteiger partial charge in [-0.15, -0.1) is 0 Å². The zero-order valence-electron chi connectivity index (χ0n) is 9.41. The van der Waals surface area contributed by atoms with Crippen LogP contribution in [-0.2, 0) is 7.05 Å². The molecular weight excluding hydrogens is 184 g/mol. The van der Waals surface area contributed by atoms with Crippen LogP contribution >= 0.6 is 0 Å². The Morgan fingerprint density at radius 3 is 2.53 bits per heavy atom. The maximum atomic E-state index is 3.18. The zero-order chi connectivity index (χ0) is 10.8. The van der Waals surface area contributed by atoms with Gasteiger partial charge in [0, 0.05) is 31.7 Å². The average Bonchev–Trinajstić information content (AvgIpc) is 2.64. The second-order valence-electron chi connectivity index (χ2n) is 3.78. The van der Waals surface area contributed by atoms with Crippen LogP contribution in [0.15, 0.2) is 36.5 Å². The van der Waals surface area contributed by atoms with Crippen LogP contribution in [0.3, 0.4) is 0 Å². The van der Waals surface area contributed by atoms with E-state index in [9.17, 15) is 0 Å². The van der Waals surface area contributed by atoms with Gasteiger partial charge in [-0.3, -0.25) is 0 Å². The largest absolute Gasteiger partial charge is 0.388 e. The van der Waals surface area contributed by atoms with Crippen molar-refractivity contribution in [2.75, 3.05) is 12.4 Å². The highest BCUT2D eigenvalue weighted by Crippen LogP contribution is 2.24. The molecule has 2 heteroatoms. The molecular formula is C13H16N2. The van der Waals surface area contributed by atoms with Crippen molar-refractivity contribution in [3.63, 3.8) is 0 Å². The summed E-state index contributed by atoms with van der Waals surface area (Å²) >= 11 is 0. The van der Waals surface area contributed by atoms with E-state index in [2.05, 4.69) is 60.4 Å². The van der Waals surface area contributed by atoms with Crippen LogP contribution in [0.1, 0.15) is 5.56 Å².